The minimum absolute atomic E-state index is 0.0811. The maximum absolute atomic E-state index is 11.0. The van der Waals surface area contributed by atoms with Crippen LogP contribution in [0.2, 0.25) is 0 Å². The monoisotopic (exact) mass is 233 g/mol. The lowest BCUT2D eigenvalue weighted by Crippen LogP contribution is -2.33. The quantitative estimate of drug-likeness (QED) is 0.460. The lowest BCUT2D eigenvalue weighted by atomic mass is 10.00. The Kier molecular flexibility index (Phi) is 4.12. The van der Waals surface area contributed by atoms with Gasteiger partial charge < -0.3 is 0 Å². The van der Waals surface area contributed by atoms with Gasteiger partial charge in [0, 0.05) is 19.5 Å². The van der Waals surface area contributed by atoms with E-state index in [0.717, 1.165) is 32.5 Å². The molecule has 0 spiro atoms. The molecule has 0 aromatic heterocycles. The molecule has 1 aromatic rings. The molecule has 0 aliphatic carbocycles. The van der Waals surface area contributed by atoms with E-state index in [1.165, 1.54) is 11.1 Å². The molecule has 0 saturated heterocycles. The first kappa shape index (κ1) is 12.1. The first-order valence-corrected chi connectivity index (χ1v) is 6.08. The van der Waals surface area contributed by atoms with Crippen molar-refractivity contribution in [3.8, 4) is 0 Å². The van der Waals surface area contributed by atoms with Crippen molar-refractivity contribution < 1.29 is 4.79 Å². The van der Waals surface area contributed by atoms with Gasteiger partial charge in [0.1, 0.15) is 0 Å². The van der Waals surface area contributed by atoms with Gasteiger partial charge in [-0.05, 0) is 30.5 Å². The summed E-state index contributed by atoms with van der Waals surface area (Å²) in [4.78, 5) is 13.4. The second-order valence-corrected chi connectivity index (χ2v) is 4.47. The lowest BCUT2D eigenvalue weighted by Gasteiger charge is -2.28. The number of hydrazine groups is 1. The molecular formula is C13H19N3O. The molecule has 0 fully saturated rings. The van der Waals surface area contributed by atoms with E-state index in [1.807, 2.05) is 0 Å². The third kappa shape index (κ3) is 3.28. The van der Waals surface area contributed by atoms with Gasteiger partial charge in [-0.3, -0.25) is 15.1 Å². The summed E-state index contributed by atoms with van der Waals surface area (Å²) in [6.07, 6.45) is 2.49. The van der Waals surface area contributed by atoms with Gasteiger partial charge in [0.25, 0.3) is 0 Å². The number of rotatable bonds is 4. The summed E-state index contributed by atoms with van der Waals surface area (Å²) in [5, 5.41) is 0. The lowest BCUT2D eigenvalue weighted by molar-refractivity contribution is -0.121. The number of fused-ring (bicyclic) bond motifs is 1. The van der Waals surface area contributed by atoms with Crippen LogP contribution in [0, 0.1) is 0 Å². The molecule has 0 saturated carbocycles. The van der Waals surface area contributed by atoms with E-state index >= 15 is 0 Å². The third-order valence-corrected chi connectivity index (χ3v) is 3.25. The number of hydrogen-bond donors (Lipinski definition) is 2. The molecule has 0 radical (unpaired) electrons. The van der Waals surface area contributed by atoms with E-state index in [9.17, 15) is 4.79 Å². The third-order valence-electron chi connectivity index (χ3n) is 3.25. The number of carbonyl (C=O) groups excluding carboxylic acids is 1. The van der Waals surface area contributed by atoms with Gasteiger partial charge in [-0.25, -0.2) is 5.84 Å². The topological polar surface area (TPSA) is 58.4 Å². The van der Waals surface area contributed by atoms with Gasteiger partial charge in [0.2, 0.25) is 5.91 Å². The fraction of sp³-hybridized carbons (Fsp3) is 0.462. The second kappa shape index (κ2) is 5.80. The molecule has 1 aromatic carbocycles. The fourth-order valence-corrected chi connectivity index (χ4v) is 2.28. The normalized spacial score (nSPS) is 15.4. The highest BCUT2D eigenvalue weighted by Gasteiger charge is 2.15. The Balaban J connectivity index is 1.80. The summed E-state index contributed by atoms with van der Waals surface area (Å²) in [6.45, 7) is 3.05. The molecule has 1 aliphatic rings. The number of hydrogen-bond acceptors (Lipinski definition) is 3. The van der Waals surface area contributed by atoms with Gasteiger partial charge in [-0.15, -0.1) is 0 Å². The van der Waals surface area contributed by atoms with Crippen LogP contribution in [0.25, 0.3) is 0 Å². The Bertz CT molecular complexity index is 392. The predicted molar refractivity (Wildman–Crippen MR) is 67.0 cm³/mol. The van der Waals surface area contributed by atoms with Crippen LogP contribution in [0.15, 0.2) is 24.3 Å². The first-order chi connectivity index (χ1) is 8.29. The summed E-state index contributed by atoms with van der Waals surface area (Å²) in [6, 6.07) is 8.58. The Labute approximate surface area is 102 Å². The fourth-order valence-electron chi connectivity index (χ4n) is 2.28. The number of nitrogens with one attached hydrogen (secondary N) is 1. The van der Waals surface area contributed by atoms with Crippen LogP contribution in [0.4, 0.5) is 0 Å². The highest BCUT2D eigenvalue weighted by molar-refractivity contribution is 5.75. The standard InChI is InChI=1S/C13H19N3O/c14-15-13(17)6-3-8-16-9-7-11-4-1-2-5-12(11)10-16/h1-2,4-5H,3,6-10,14H2,(H,15,17). The molecule has 0 unspecified atom stereocenters. The zero-order chi connectivity index (χ0) is 12.1. The summed E-state index contributed by atoms with van der Waals surface area (Å²) in [5.41, 5.74) is 5.04. The highest BCUT2D eigenvalue weighted by atomic mass is 16.2. The van der Waals surface area contributed by atoms with Crippen molar-refractivity contribution in [1.82, 2.24) is 10.3 Å². The SMILES string of the molecule is NNC(=O)CCCN1CCc2ccccc2C1. The van der Waals surface area contributed by atoms with Crippen molar-refractivity contribution in [3.05, 3.63) is 35.4 Å². The Morgan fingerprint density at radius 3 is 2.88 bits per heavy atom. The van der Waals surface area contributed by atoms with Gasteiger partial charge in [0.15, 0.2) is 0 Å². The number of nitrogens with zero attached hydrogens (tertiary/aromatic N) is 1. The van der Waals surface area contributed by atoms with Gasteiger partial charge in [0.05, 0.1) is 0 Å². The Morgan fingerprint density at radius 2 is 2.12 bits per heavy atom. The van der Waals surface area contributed by atoms with E-state index < -0.39 is 0 Å². The van der Waals surface area contributed by atoms with E-state index in [2.05, 4.69) is 34.6 Å². The van der Waals surface area contributed by atoms with E-state index in [0.29, 0.717) is 6.42 Å². The molecule has 1 aliphatic heterocycles. The molecule has 3 N–H and O–H groups in total. The van der Waals surface area contributed by atoms with Gasteiger partial charge in [-0.1, -0.05) is 24.3 Å². The summed E-state index contributed by atoms with van der Waals surface area (Å²) >= 11 is 0. The maximum Gasteiger partial charge on any atom is 0.233 e. The van der Waals surface area contributed by atoms with Gasteiger partial charge in [-0.2, -0.15) is 0 Å². The van der Waals surface area contributed by atoms with Crippen molar-refractivity contribution in [3.63, 3.8) is 0 Å². The molecule has 4 nitrogen and oxygen atoms in total. The number of amides is 1. The summed E-state index contributed by atoms with van der Waals surface area (Å²) in [5.74, 6) is 4.96. The molecule has 0 bridgehead atoms. The largest absolute Gasteiger partial charge is 0.299 e. The second-order valence-electron chi connectivity index (χ2n) is 4.47. The van der Waals surface area contributed by atoms with Crippen LogP contribution in [-0.2, 0) is 17.8 Å². The van der Waals surface area contributed by atoms with Crippen LogP contribution >= 0.6 is 0 Å². The molecule has 92 valence electrons. The Morgan fingerprint density at radius 1 is 1.35 bits per heavy atom. The van der Waals surface area contributed by atoms with Crippen LogP contribution in [0.5, 0.6) is 0 Å². The van der Waals surface area contributed by atoms with Crippen LogP contribution < -0.4 is 11.3 Å². The maximum atomic E-state index is 11.0. The zero-order valence-corrected chi connectivity index (χ0v) is 9.98. The van der Waals surface area contributed by atoms with Crippen molar-refractivity contribution in [1.29, 1.82) is 0 Å². The van der Waals surface area contributed by atoms with Gasteiger partial charge >= 0.3 is 0 Å². The van der Waals surface area contributed by atoms with E-state index in [1.54, 1.807) is 0 Å². The molecule has 4 heteroatoms. The average molecular weight is 233 g/mol. The van der Waals surface area contributed by atoms with Crippen LogP contribution in [0.1, 0.15) is 24.0 Å². The number of carbonyl (C=O) groups is 1. The minimum atomic E-state index is -0.0811. The molecular weight excluding hydrogens is 214 g/mol. The molecule has 0 atom stereocenters. The molecule has 1 amide bonds. The van der Waals surface area contributed by atoms with Crippen molar-refractivity contribution in [2.24, 2.45) is 5.84 Å². The van der Waals surface area contributed by atoms with Crippen LogP contribution in [-0.4, -0.2) is 23.9 Å². The molecule has 17 heavy (non-hydrogen) atoms. The molecule has 2 rings (SSSR count). The van der Waals surface area contributed by atoms with E-state index in [-0.39, 0.29) is 5.91 Å². The van der Waals surface area contributed by atoms with Crippen molar-refractivity contribution in [2.45, 2.75) is 25.8 Å². The highest BCUT2D eigenvalue weighted by Crippen LogP contribution is 2.18. The van der Waals surface area contributed by atoms with Crippen LogP contribution in [0.3, 0.4) is 0 Å². The average Bonchev–Trinajstić information content (AvgIpc) is 2.38. The van der Waals surface area contributed by atoms with Crippen molar-refractivity contribution >= 4 is 5.91 Å². The number of nitrogens with two attached hydrogens (primary N) is 1. The summed E-state index contributed by atoms with van der Waals surface area (Å²) in [7, 11) is 0. The molecule has 1 heterocycles. The van der Waals surface area contributed by atoms with Crippen molar-refractivity contribution in [2.75, 3.05) is 13.1 Å². The Hall–Kier alpha value is -1.39. The predicted octanol–water partition coefficient (Wildman–Crippen LogP) is 0.815. The first-order valence-electron chi connectivity index (χ1n) is 6.08. The number of benzene rings is 1. The smallest absolute Gasteiger partial charge is 0.233 e. The minimum Gasteiger partial charge on any atom is -0.299 e. The zero-order valence-electron chi connectivity index (χ0n) is 9.98. The summed E-state index contributed by atoms with van der Waals surface area (Å²) < 4.78 is 0. The van der Waals surface area contributed by atoms with E-state index in [4.69, 9.17) is 5.84 Å².